The van der Waals surface area contributed by atoms with E-state index in [1.165, 1.54) is 43.4 Å². The number of piperidine rings is 3. The number of fused-ring (bicyclic) bond motifs is 4. The monoisotopic (exact) mass is 256 g/mol. The van der Waals surface area contributed by atoms with Crippen molar-refractivity contribution in [3.05, 3.63) is 30.0 Å². The molecule has 2 N–H and O–H groups in total. The summed E-state index contributed by atoms with van der Waals surface area (Å²) in [7, 11) is 0. The van der Waals surface area contributed by atoms with E-state index in [1.54, 1.807) is 0 Å². The van der Waals surface area contributed by atoms with Crippen LogP contribution in [0.5, 0.6) is 0 Å². The summed E-state index contributed by atoms with van der Waals surface area (Å²) in [6.07, 6.45) is 4.67. The Balaban J connectivity index is 1.49. The fraction of sp³-hybridized carbons (Fsp3) is 0.533. The molecule has 4 nitrogen and oxygen atoms in total. The third-order valence-corrected chi connectivity index (χ3v) is 4.79. The third kappa shape index (κ3) is 2.05. The Hall–Kier alpha value is -1.39. The van der Waals surface area contributed by atoms with Crippen LogP contribution in [-0.4, -0.2) is 40.8 Å². The molecule has 3 fully saturated rings. The first-order valence-corrected chi connectivity index (χ1v) is 7.27. The molecular weight excluding hydrogens is 236 g/mol. The summed E-state index contributed by atoms with van der Waals surface area (Å²) in [5.41, 5.74) is 2.48. The molecule has 2 bridgehead atoms. The van der Waals surface area contributed by atoms with E-state index in [4.69, 9.17) is 0 Å². The lowest BCUT2D eigenvalue weighted by Gasteiger charge is -2.45. The highest BCUT2D eigenvalue weighted by Gasteiger charge is 2.33. The minimum absolute atomic E-state index is 0.671. The fourth-order valence-corrected chi connectivity index (χ4v) is 3.62. The number of hydrogen-bond acceptors (Lipinski definition) is 3. The van der Waals surface area contributed by atoms with Gasteiger partial charge in [-0.25, -0.2) is 0 Å². The summed E-state index contributed by atoms with van der Waals surface area (Å²) in [6.45, 7) is 4.79. The number of benzene rings is 1. The van der Waals surface area contributed by atoms with Crippen LogP contribution < -0.4 is 5.32 Å². The second kappa shape index (κ2) is 4.62. The molecule has 1 aromatic carbocycles. The molecule has 3 saturated heterocycles. The SMILES string of the molecule is c1cc(CN[C@H]2CN3CCC2CC3)c2cn[nH]c2c1. The van der Waals surface area contributed by atoms with Crippen molar-refractivity contribution in [2.75, 3.05) is 19.6 Å². The van der Waals surface area contributed by atoms with Crippen LogP contribution in [0, 0.1) is 5.92 Å². The Kier molecular flexibility index (Phi) is 2.78. The first-order valence-electron chi connectivity index (χ1n) is 7.27. The number of aromatic nitrogens is 2. The molecule has 0 unspecified atom stereocenters. The van der Waals surface area contributed by atoms with E-state index in [0.29, 0.717) is 6.04 Å². The van der Waals surface area contributed by atoms with Crippen LogP contribution in [-0.2, 0) is 6.54 Å². The molecule has 19 heavy (non-hydrogen) atoms. The maximum atomic E-state index is 4.13. The molecule has 0 aliphatic carbocycles. The van der Waals surface area contributed by atoms with Gasteiger partial charge in [0.15, 0.2) is 0 Å². The molecule has 4 heteroatoms. The maximum absolute atomic E-state index is 4.13. The Morgan fingerprint density at radius 2 is 2.21 bits per heavy atom. The molecule has 0 radical (unpaired) electrons. The largest absolute Gasteiger partial charge is 0.308 e. The second-order valence-electron chi connectivity index (χ2n) is 5.87. The summed E-state index contributed by atoms with van der Waals surface area (Å²) in [5.74, 6) is 0.883. The molecule has 3 aliphatic heterocycles. The minimum Gasteiger partial charge on any atom is -0.308 e. The maximum Gasteiger partial charge on any atom is 0.0653 e. The van der Waals surface area contributed by atoms with Crippen molar-refractivity contribution in [3.63, 3.8) is 0 Å². The molecule has 0 saturated carbocycles. The van der Waals surface area contributed by atoms with Crippen LogP contribution in [0.25, 0.3) is 10.9 Å². The molecule has 0 amide bonds. The molecule has 100 valence electrons. The lowest BCUT2D eigenvalue weighted by molar-refractivity contribution is 0.0720. The summed E-state index contributed by atoms with van der Waals surface area (Å²) >= 11 is 0. The van der Waals surface area contributed by atoms with Crippen molar-refractivity contribution in [1.82, 2.24) is 20.4 Å². The summed E-state index contributed by atoms with van der Waals surface area (Å²) in [5, 5.41) is 12.2. The predicted octanol–water partition coefficient (Wildman–Crippen LogP) is 1.75. The molecule has 1 aromatic heterocycles. The number of aromatic amines is 1. The zero-order valence-electron chi connectivity index (χ0n) is 11.1. The molecule has 3 aliphatic rings. The Bertz CT molecular complexity index is 568. The second-order valence-corrected chi connectivity index (χ2v) is 5.87. The molecule has 4 heterocycles. The van der Waals surface area contributed by atoms with Crippen molar-refractivity contribution in [2.24, 2.45) is 5.92 Å². The normalized spacial score (nSPS) is 30.0. The summed E-state index contributed by atoms with van der Waals surface area (Å²) < 4.78 is 0. The van der Waals surface area contributed by atoms with Gasteiger partial charge in [-0.05, 0) is 43.5 Å². The van der Waals surface area contributed by atoms with Gasteiger partial charge in [0, 0.05) is 24.5 Å². The highest BCUT2D eigenvalue weighted by atomic mass is 15.2. The average Bonchev–Trinajstić information content (AvgIpc) is 2.95. The number of H-pyrrole nitrogens is 1. The van der Waals surface area contributed by atoms with E-state index in [2.05, 4.69) is 38.6 Å². The van der Waals surface area contributed by atoms with Crippen molar-refractivity contribution in [1.29, 1.82) is 0 Å². The van der Waals surface area contributed by atoms with Gasteiger partial charge in [-0.3, -0.25) is 5.10 Å². The standard InChI is InChI=1S/C15H20N4/c1-2-12(13-9-17-18-14(13)3-1)8-16-15-10-19-6-4-11(15)5-7-19/h1-3,9,11,15-16H,4-8,10H2,(H,17,18)/t15-/m0/s1. The van der Waals surface area contributed by atoms with Crippen LogP contribution in [0.15, 0.2) is 24.4 Å². The smallest absolute Gasteiger partial charge is 0.0653 e. The first-order chi connectivity index (χ1) is 9.40. The zero-order valence-corrected chi connectivity index (χ0v) is 11.1. The molecule has 0 spiro atoms. The Labute approximate surface area is 113 Å². The topological polar surface area (TPSA) is 44.0 Å². The van der Waals surface area contributed by atoms with Gasteiger partial charge in [-0.15, -0.1) is 0 Å². The zero-order chi connectivity index (χ0) is 12.7. The lowest BCUT2D eigenvalue weighted by Crippen LogP contribution is -2.55. The van der Waals surface area contributed by atoms with Gasteiger partial charge in [-0.2, -0.15) is 5.10 Å². The van der Waals surface area contributed by atoms with Crippen molar-refractivity contribution >= 4 is 10.9 Å². The highest BCUT2D eigenvalue weighted by Crippen LogP contribution is 2.28. The summed E-state index contributed by atoms with van der Waals surface area (Å²) in [4.78, 5) is 2.59. The van der Waals surface area contributed by atoms with Crippen LogP contribution >= 0.6 is 0 Å². The van der Waals surface area contributed by atoms with Crippen molar-refractivity contribution in [3.8, 4) is 0 Å². The van der Waals surface area contributed by atoms with Gasteiger partial charge < -0.3 is 10.2 Å². The number of nitrogens with zero attached hydrogens (tertiary/aromatic N) is 2. The molecule has 2 aromatic rings. The van der Waals surface area contributed by atoms with Crippen LogP contribution in [0.3, 0.4) is 0 Å². The first kappa shape index (κ1) is 11.4. The van der Waals surface area contributed by atoms with Gasteiger partial charge in [0.1, 0.15) is 0 Å². The number of nitrogens with one attached hydrogen (secondary N) is 2. The van der Waals surface area contributed by atoms with Gasteiger partial charge >= 0.3 is 0 Å². The molecule has 1 atom stereocenters. The summed E-state index contributed by atoms with van der Waals surface area (Å²) in [6, 6.07) is 7.06. The van der Waals surface area contributed by atoms with E-state index >= 15 is 0 Å². The van der Waals surface area contributed by atoms with Crippen molar-refractivity contribution < 1.29 is 0 Å². The Morgan fingerprint density at radius 3 is 3.00 bits per heavy atom. The van der Waals surface area contributed by atoms with Gasteiger partial charge in [0.2, 0.25) is 0 Å². The van der Waals surface area contributed by atoms with Crippen LogP contribution in [0.1, 0.15) is 18.4 Å². The fourth-order valence-electron chi connectivity index (χ4n) is 3.62. The Morgan fingerprint density at radius 1 is 1.32 bits per heavy atom. The van der Waals surface area contributed by atoms with E-state index in [-0.39, 0.29) is 0 Å². The average molecular weight is 256 g/mol. The van der Waals surface area contributed by atoms with E-state index < -0.39 is 0 Å². The number of rotatable bonds is 3. The van der Waals surface area contributed by atoms with E-state index in [9.17, 15) is 0 Å². The van der Waals surface area contributed by atoms with Gasteiger partial charge in [-0.1, -0.05) is 12.1 Å². The lowest BCUT2D eigenvalue weighted by atomic mass is 9.84. The van der Waals surface area contributed by atoms with Gasteiger partial charge in [0.05, 0.1) is 11.7 Å². The van der Waals surface area contributed by atoms with Crippen LogP contribution in [0.2, 0.25) is 0 Å². The molecular formula is C15H20N4. The quantitative estimate of drug-likeness (QED) is 0.879. The minimum atomic E-state index is 0.671. The van der Waals surface area contributed by atoms with Crippen molar-refractivity contribution in [2.45, 2.75) is 25.4 Å². The van der Waals surface area contributed by atoms with Crippen LogP contribution in [0.4, 0.5) is 0 Å². The highest BCUT2D eigenvalue weighted by molar-refractivity contribution is 5.81. The van der Waals surface area contributed by atoms with Gasteiger partial charge in [0.25, 0.3) is 0 Å². The predicted molar refractivity (Wildman–Crippen MR) is 75.9 cm³/mol. The number of hydrogen-bond donors (Lipinski definition) is 2. The molecule has 5 rings (SSSR count). The van der Waals surface area contributed by atoms with E-state index in [1.807, 2.05) is 6.20 Å². The van der Waals surface area contributed by atoms with E-state index in [0.717, 1.165) is 18.0 Å². The third-order valence-electron chi connectivity index (χ3n) is 4.79.